The van der Waals surface area contributed by atoms with Crippen LogP contribution in [0, 0.1) is 18.2 Å². The van der Waals surface area contributed by atoms with Crippen molar-refractivity contribution < 1.29 is 12.8 Å². The highest BCUT2D eigenvalue weighted by molar-refractivity contribution is 7.92. The summed E-state index contributed by atoms with van der Waals surface area (Å²) in [5.41, 5.74) is 4.98. The Morgan fingerprint density at radius 1 is 1.00 bits per heavy atom. The molecule has 4 aromatic rings. The molecule has 0 aliphatic heterocycles. The van der Waals surface area contributed by atoms with Crippen LogP contribution in [0.3, 0.4) is 0 Å². The zero-order chi connectivity index (χ0) is 27.4. The molecule has 0 spiro atoms. The van der Waals surface area contributed by atoms with Crippen LogP contribution in [-0.4, -0.2) is 28.2 Å². The molecule has 1 fully saturated rings. The van der Waals surface area contributed by atoms with Crippen molar-refractivity contribution in [3.8, 4) is 5.69 Å². The van der Waals surface area contributed by atoms with Crippen molar-refractivity contribution in [2.45, 2.75) is 62.0 Å². The van der Waals surface area contributed by atoms with E-state index < -0.39 is 25.9 Å². The monoisotopic (exact) mass is 541 g/mol. The molecule has 2 aliphatic rings. The van der Waals surface area contributed by atoms with E-state index in [4.69, 9.17) is 9.97 Å². The number of sulfone groups is 1. The molecule has 6 rings (SSSR count). The van der Waals surface area contributed by atoms with Crippen LogP contribution in [-0.2, 0) is 21.7 Å². The first-order valence-electron chi connectivity index (χ1n) is 13.4. The third kappa shape index (κ3) is 4.15. The van der Waals surface area contributed by atoms with E-state index in [1.54, 1.807) is 36.8 Å². The lowest BCUT2D eigenvalue weighted by Crippen LogP contribution is -2.51. The fourth-order valence-corrected chi connectivity index (χ4v) is 8.39. The van der Waals surface area contributed by atoms with Crippen LogP contribution in [0.2, 0.25) is 0 Å². The van der Waals surface area contributed by atoms with Crippen molar-refractivity contribution in [1.29, 1.82) is 0 Å². The van der Waals surface area contributed by atoms with Gasteiger partial charge in [-0.15, -0.1) is 0 Å². The molecule has 0 radical (unpaired) electrons. The predicted octanol–water partition coefficient (Wildman–Crippen LogP) is 6.64. The van der Waals surface area contributed by atoms with Gasteiger partial charge in [-0.2, -0.15) is 0 Å². The number of hydrogen-bond acceptors (Lipinski definition) is 4. The summed E-state index contributed by atoms with van der Waals surface area (Å²) in [6.07, 6.45) is 8.11. The second kappa shape index (κ2) is 9.26. The Labute approximate surface area is 229 Å². The number of rotatable bonds is 5. The number of pyridine rings is 1. The van der Waals surface area contributed by atoms with E-state index in [-0.39, 0.29) is 5.82 Å². The topological polar surface area (TPSA) is 64.8 Å². The summed E-state index contributed by atoms with van der Waals surface area (Å²) in [4.78, 5) is 9.94. The molecule has 5 nitrogen and oxygen atoms in total. The summed E-state index contributed by atoms with van der Waals surface area (Å²) in [6.45, 7) is 6.33. The molecule has 0 unspecified atom stereocenters. The van der Waals surface area contributed by atoms with Crippen LogP contribution in [0.25, 0.3) is 11.8 Å². The van der Waals surface area contributed by atoms with Gasteiger partial charge in [0.1, 0.15) is 5.82 Å². The van der Waals surface area contributed by atoms with Crippen LogP contribution >= 0.6 is 0 Å². The van der Waals surface area contributed by atoms with Crippen LogP contribution in [0.15, 0.2) is 89.7 Å². The van der Waals surface area contributed by atoms with Gasteiger partial charge in [0, 0.05) is 34.8 Å². The molecule has 7 heteroatoms. The first-order chi connectivity index (χ1) is 18.6. The number of nitrogens with zero attached hydrogens (tertiary/aromatic N) is 3. The van der Waals surface area contributed by atoms with Crippen LogP contribution in [0.4, 0.5) is 4.39 Å². The zero-order valence-electron chi connectivity index (χ0n) is 22.4. The Hall–Kier alpha value is -3.58. The van der Waals surface area contributed by atoms with E-state index in [0.717, 1.165) is 28.3 Å². The third-order valence-electron chi connectivity index (χ3n) is 8.99. The maximum atomic E-state index is 14.0. The summed E-state index contributed by atoms with van der Waals surface area (Å²) in [7, 11) is -3.54. The second-order valence-electron chi connectivity index (χ2n) is 11.4. The van der Waals surface area contributed by atoms with Gasteiger partial charge in [-0.05, 0) is 80.8 Å². The van der Waals surface area contributed by atoms with Gasteiger partial charge in [0.2, 0.25) is 0 Å². The second-order valence-corrected chi connectivity index (χ2v) is 13.6. The Balaban J connectivity index is 1.48. The van der Waals surface area contributed by atoms with E-state index in [0.29, 0.717) is 30.6 Å². The maximum Gasteiger partial charge on any atom is 0.181 e. The highest BCUT2D eigenvalue weighted by Crippen LogP contribution is 2.59. The quantitative estimate of drug-likeness (QED) is 0.284. The molecule has 200 valence electrons. The van der Waals surface area contributed by atoms with Gasteiger partial charge in [0.25, 0.3) is 0 Å². The van der Waals surface area contributed by atoms with Gasteiger partial charge in [0.15, 0.2) is 9.84 Å². The van der Waals surface area contributed by atoms with Gasteiger partial charge < -0.3 is 0 Å². The summed E-state index contributed by atoms with van der Waals surface area (Å²) in [5, 5.41) is -0.513. The van der Waals surface area contributed by atoms with Crippen LogP contribution < -0.4 is 0 Å². The maximum absolute atomic E-state index is 14.0. The number of halogens is 1. The lowest BCUT2D eigenvalue weighted by molar-refractivity contribution is 0.143. The Morgan fingerprint density at radius 3 is 2.44 bits per heavy atom. The Kier molecular flexibility index (Phi) is 6.10. The summed E-state index contributed by atoms with van der Waals surface area (Å²) < 4.78 is 43.5. The summed E-state index contributed by atoms with van der Waals surface area (Å²) in [5.74, 6) is -0.282. The predicted molar refractivity (Wildman–Crippen MR) is 151 cm³/mol. The van der Waals surface area contributed by atoms with E-state index in [9.17, 15) is 12.8 Å². The number of aryl methyl sites for hydroxylation is 1. The fourth-order valence-electron chi connectivity index (χ4n) is 6.56. The number of benzene rings is 2. The van der Waals surface area contributed by atoms with Crippen molar-refractivity contribution in [1.82, 2.24) is 14.5 Å². The van der Waals surface area contributed by atoms with E-state index >= 15 is 0 Å². The molecule has 1 saturated carbocycles. The normalized spacial score (nSPS) is 21.1. The molecule has 0 bridgehead atoms. The van der Waals surface area contributed by atoms with Gasteiger partial charge in [-0.25, -0.2) is 17.8 Å². The minimum Gasteiger partial charge on any atom is -0.299 e. The molecular formula is C32H32FN3O2S. The minimum absolute atomic E-state index is 0.282. The van der Waals surface area contributed by atoms with E-state index in [2.05, 4.69) is 19.9 Å². The SMILES string of the molecule is Cc1ccc(S(=O)(=O)[C@H]2CCC3=Cc4c(ncn4-c4ccc(F)cc4)C[C@]3(C(C)(C)c3ccccn3)C2)cc1. The number of imidazole rings is 1. The smallest absolute Gasteiger partial charge is 0.181 e. The molecule has 0 saturated heterocycles. The molecular weight excluding hydrogens is 509 g/mol. The molecule has 2 aromatic carbocycles. The molecule has 2 aliphatic carbocycles. The number of hydrogen-bond donors (Lipinski definition) is 0. The molecule has 2 atom stereocenters. The first kappa shape index (κ1) is 25.7. The number of allylic oxidation sites excluding steroid dienone is 1. The molecule has 0 N–H and O–H groups in total. The largest absolute Gasteiger partial charge is 0.299 e. The summed E-state index contributed by atoms with van der Waals surface area (Å²) >= 11 is 0. The average molecular weight is 542 g/mol. The highest BCUT2D eigenvalue weighted by Gasteiger charge is 2.56. The van der Waals surface area contributed by atoms with Crippen molar-refractivity contribution >= 4 is 15.9 Å². The van der Waals surface area contributed by atoms with Gasteiger partial charge in [-0.1, -0.05) is 43.2 Å². The van der Waals surface area contributed by atoms with Gasteiger partial charge in [0.05, 0.1) is 27.9 Å². The van der Waals surface area contributed by atoms with E-state index in [1.165, 1.54) is 17.7 Å². The van der Waals surface area contributed by atoms with Crippen LogP contribution in [0.1, 0.15) is 55.8 Å². The van der Waals surface area contributed by atoms with Crippen molar-refractivity contribution in [3.63, 3.8) is 0 Å². The van der Waals surface area contributed by atoms with Crippen molar-refractivity contribution in [3.05, 3.63) is 113 Å². The number of fused-ring (bicyclic) bond motifs is 2. The number of aromatic nitrogens is 3. The lowest BCUT2D eigenvalue weighted by Gasteiger charge is -2.53. The molecule has 2 aromatic heterocycles. The van der Waals surface area contributed by atoms with Crippen LogP contribution in [0.5, 0.6) is 0 Å². The molecule has 0 amide bonds. The molecule has 2 heterocycles. The fraction of sp³-hybridized carbons (Fsp3) is 0.312. The standard InChI is InChI=1S/C32H32FN3O2S/c1-22-7-14-26(15-8-22)39(37,38)27-16-9-23-18-29-28(35-21-36(29)25-12-10-24(33)11-13-25)20-32(23,19-27)31(2,3)30-6-4-5-17-34-30/h4-8,10-15,17-18,21,27H,9,16,19-20H2,1-3H3/t27-,32+/m0/s1. The van der Waals surface area contributed by atoms with Crippen molar-refractivity contribution in [2.75, 3.05) is 0 Å². The average Bonchev–Trinajstić information content (AvgIpc) is 3.34. The lowest BCUT2D eigenvalue weighted by atomic mass is 9.51. The third-order valence-corrected chi connectivity index (χ3v) is 11.2. The minimum atomic E-state index is -3.54. The summed E-state index contributed by atoms with van der Waals surface area (Å²) in [6, 6.07) is 19.5. The van der Waals surface area contributed by atoms with E-state index in [1.807, 2.05) is 41.8 Å². The highest BCUT2D eigenvalue weighted by atomic mass is 32.2. The first-order valence-corrected chi connectivity index (χ1v) is 14.9. The Morgan fingerprint density at radius 2 is 1.74 bits per heavy atom. The Bertz CT molecular complexity index is 1660. The van der Waals surface area contributed by atoms with Crippen molar-refractivity contribution in [2.24, 2.45) is 5.41 Å². The zero-order valence-corrected chi connectivity index (χ0v) is 23.2. The van der Waals surface area contributed by atoms with Gasteiger partial charge >= 0.3 is 0 Å². The molecule has 39 heavy (non-hydrogen) atoms. The van der Waals surface area contributed by atoms with Gasteiger partial charge in [-0.3, -0.25) is 9.55 Å².